The second-order valence-corrected chi connectivity index (χ2v) is 7.05. The topological polar surface area (TPSA) is 62.3 Å². The van der Waals surface area contributed by atoms with Gasteiger partial charge in [0.2, 0.25) is 11.8 Å². The molecule has 1 N–H and O–H groups in total. The molecule has 0 aliphatic carbocycles. The van der Waals surface area contributed by atoms with Crippen molar-refractivity contribution in [3.05, 3.63) is 59.9 Å². The summed E-state index contributed by atoms with van der Waals surface area (Å²) in [7, 11) is 0. The van der Waals surface area contributed by atoms with Crippen LogP contribution in [0.15, 0.2) is 48.8 Å². The van der Waals surface area contributed by atoms with Gasteiger partial charge in [-0.3, -0.25) is 14.6 Å². The van der Waals surface area contributed by atoms with E-state index in [1.165, 1.54) is 5.56 Å². The van der Waals surface area contributed by atoms with E-state index in [2.05, 4.69) is 36.3 Å². The van der Waals surface area contributed by atoms with Crippen LogP contribution in [0, 0.1) is 5.92 Å². The number of hydrogen-bond acceptors (Lipinski definition) is 3. The largest absolute Gasteiger partial charge is 0.355 e. The summed E-state index contributed by atoms with van der Waals surface area (Å²) >= 11 is 0. The van der Waals surface area contributed by atoms with Gasteiger partial charge in [0.15, 0.2) is 0 Å². The lowest BCUT2D eigenvalue weighted by Gasteiger charge is -2.17. The van der Waals surface area contributed by atoms with Crippen molar-refractivity contribution in [1.82, 2.24) is 10.3 Å². The van der Waals surface area contributed by atoms with Crippen molar-refractivity contribution in [1.29, 1.82) is 0 Å². The summed E-state index contributed by atoms with van der Waals surface area (Å²) in [4.78, 5) is 30.4. The Morgan fingerprint density at radius 3 is 2.54 bits per heavy atom. The molecule has 0 unspecified atom stereocenters. The number of carbonyl (C=O) groups excluding carboxylic acids is 2. The highest BCUT2D eigenvalue weighted by molar-refractivity contribution is 6.00. The molecule has 5 nitrogen and oxygen atoms in total. The molecule has 0 spiro atoms. The molecule has 1 aliphatic rings. The number of nitrogens with one attached hydrogen (secondary N) is 1. The fourth-order valence-electron chi connectivity index (χ4n) is 3.20. The van der Waals surface area contributed by atoms with Gasteiger partial charge in [-0.2, -0.15) is 0 Å². The third-order valence-electron chi connectivity index (χ3n) is 4.83. The Morgan fingerprint density at radius 1 is 1.19 bits per heavy atom. The Kier molecular flexibility index (Phi) is 5.66. The lowest BCUT2D eigenvalue weighted by Crippen LogP contribution is -2.34. The van der Waals surface area contributed by atoms with Crippen LogP contribution in [-0.2, 0) is 16.0 Å². The molecule has 1 saturated heterocycles. The van der Waals surface area contributed by atoms with Gasteiger partial charge in [0, 0.05) is 37.6 Å². The molecule has 0 saturated carbocycles. The number of amides is 2. The Balaban J connectivity index is 1.54. The second kappa shape index (κ2) is 8.13. The number of rotatable bonds is 6. The number of carbonyl (C=O) groups is 2. The van der Waals surface area contributed by atoms with E-state index in [-0.39, 0.29) is 24.2 Å². The lowest BCUT2D eigenvalue weighted by atomic mass is 10.0. The molecule has 2 amide bonds. The highest BCUT2D eigenvalue weighted by atomic mass is 16.2. The number of pyridine rings is 1. The number of aromatic nitrogens is 1. The summed E-state index contributed by atoms with van der Waals surface area (Å²) in [5, 5.41) is 2.95. The zero-order valence-corrected chi connectivity index (χ0v) is 15.3. The Hall–Kier alpha value is -2.69. The first-order valence-electron chi connectivity index (χ1n) is 9.11. The fraction of sp³-hybridized carbons (Fsp3) is 0.381. The minimum absolute atomic E-state index is 0.0107. The Bertz CT molecular complexity index is 757. The summed E-state index contributed by atoms with van der Waals surface area (Å²) in [6.07, 6.45) is 4.52. The monoisotopic (exact) mass is 351 g/mol. The lowest BCUT2D eigenvalue weighted by molar-refractivity contribution is -0.126. The van der Waals surface area contributed by atoms with Crippen molar-refractivity contribution in [3.8, 4) is 0 Å². The van der Waals surface area contributed by atoms with E-state index in [0.29, 0.717) is 19.0 Å². The molecule has 0 bridgehead atoms. The van der Waals surface area contributed by atoms with Gasteiger partial charge in [-0.05, 0) is 47.7 Å². The standard InChI is InChI=1S/C21H25N3O2/c1-15(2)17-3-5-19(6-4-17)24-14-18(13-20(24)25)21(26)23-12-9-16-7-10-22-11-8-16/h3-8,10-11,15,18H,9,12-14H2,1-2H3,(H,23,26)/t18-/m0/s1. The Morgan fingerprint density at radius 2 is 1.88 bits per heavy atom. The van der Waals surface area contributed by atoms with Crippen LogP contribution in [0.1, 0.15) is 37.3 Å². The van der Waals surface area contributed by atoms with E-state index in [9.17, 15) is 9.59 Å². The molecule has 1 fully saturated rings. The average Bonchev–Trinajstić information content (AvgIpc) is 3.04. The first kappa shape index (κ1) is 18.1. The summed E-state index contributed by atoms with van der Waals surface area (Å²) in [6.45, 7) is 5.29. The number of hydrogen-bond donors (Lipinski definition) is 1. The molecule has 5 heteroatoms. The molecule has 136 valence electrons. The summed E-state index contributed by atoms with van der Waals surface area (Å²) in [5.41, 5.74) is 3.24. The molecule has 1 aliphatic heterocycles. The third-order valence-corrected chi connectivity index (χ3v) is 4.83. The van der Waals surface area contributed by atoms with Gasteiger partial charge < -0.3 is 10.2 Å². The normalized spacial score (nSPS) is 17.0. The number of nitrogens with zero attached hydrogens (tertiary/aromatic N) is 2. The van der Waals surface area contributed by atoms with Crippen LogP contribution in [0.25, 0.3) is 0 Å². The van der Waals surface area contributed by atoms with Crippen LogP contribution in [0.4, 0.5) is 5.69 Å². The smallest absolute Gasteiger partial charge is 0.227 e. The van der Waals surface area contributed by atoms with E-state index in [4.69, 9.17) is 0 Å². The molecule has 2 heterocycles. The predicted molar refractivity (Wildman–Crippen MR) is 102 cm³/mol. The van der Waals surface area contributed by atoms with Crippen molar-refractivity contribution in [3.63, 3.8) is 0 Å². The van der Waals surface area contributed by atoms with Crippen LogP contribution in [0.3, 0.4) is 0 Å². The van der Waals surface area contributed by atoms with E-state index in [1.807, 2.05) is 24.3 Å². The maximum Gasteiger partial charge on any atom is 0.227 e. The zero-order valence-electron chi connectivity index (χ0n) is 15.3. The molecular weight excluding hydrogens is 326 g/mol. The van der Waals surface area contributed by atoms with Gasteiger partial charge in [-0.25, -0.2) is 0 Å². The van der Waals surface area contributed by atoms with Crippen LogP contribution >= 0.6 is 0 Å². The Labute approximate surface area is 154 Å². The molecule has 2 aromatic rings. The predicted octanol–water partition coefficient (Wildman–Crippen LogP) is 2.92. The highest BCUT2D eigenvalue weighted by Crippen LogP contribution is 2.26. The summed E-state index contributed by atoms with van der Waals surface area (Å²) in [6, 6.07) is 11.9. The maximum absolute atomic E-state index is 12.4. The van der Waals surface area contributed by atoms with Gasteiger partial charge in [-0.1, -0.05) is 26.0 Å². The van der Waals surface area contributed by atoms with E-state index in [1.54, 1.807) is 17.3 Å². The van der Waals surface area contributed by atoms with Crippen molar-refractivity contribution < 1.29 is 9.59 Å². The van der Waals surface area contributed by atoms with Gasteiger partial charge >= 0.3 is 0 Å². The van der Waals surface area contributed by atoms with Gasteiger partial charge in [-0.15, -0.1) is 0 Å². The van der Waals surface area contributed by atoms with Crippen LogP contribution in [0.5, 0.6) is 0 Å². The van der Waals surface area contributed by atoms with E-state index < -0.39 is 0 Å². The van der Waals surface area contributed by atoms with Gasteiger partial charge in [0.05, 0.1) is 5.92 Å². The van der Waals surface area contributed by atoms with Crippen molar-refractivity contribution in [2.75, 3.05) is 18.0 Å². The van der Waals surface area contributed by atoms with E-state index in [0.717, 1.165) is 17.7 Å². The number of anilines is 1. The molecule has 3 rings (SSSR count). The van der Waals surface area contributed by atoms with Crippen LogP contribution in [-0.4, -0.2) is 29.9 Å². The van der Waals surface area contributed by atoms with Crippen molar-refractivity contribution in [2.24, 2.45) is 5.92 Å². The SMILES string of the molecule is CC(C)c1ccc(N2C[C@@H](C(=O)NCCc3ccncc3)CC2=O)cc1. The molecule has 0 radical (unpaired) electrons. The number of benzene rings is 1. The molecule has 1 aromatic heterocycles. The summed E-state index contributed by atoms with van der Waals surface area (Å²) < 4.78 is 0. The van der Waals surface area contributed by atoms with Crippen LogP contribution in [0.2, 0.25) is 0 Å². The third kappa shape index (κ3) is 4.28. The van der Waals surface area contributed by atoms with Gasteiger partial charge in [0.25, 0.3) is 0 Å². The molecule has 1 aromatic carbocycles. The fourth-order valence-corrected chi connectivity index (χ4v) is 3.20. The highest BCUT2D eigenvalue weighted by Gasteiger charge is 2.34. The zero-order chi connectivity index (χ0) is 18.5. The second-order valence-electron chi connectivity index (χ2n) is 7.05. The minimum Gasteiger partial charge on any atom is -0.355 e. The van der Waals surface area contributed by atoms with Crippen LogP contribution < -0.4 is 10.2 Å². The quantitative estimate of drug-likeness (QED) is 0.870. The first-order valence-corrected chi connectivity index (χ1v) is 9.11. The van der Waals surface area contributed by atoms with Crippen molar-refractivity contribution in [2.45, 2.75) is 32.6 Å². The summed E-state index contributed by atoms with van der Waals surface area (Å²) in [5.74, 6) is 0.132. The molecular formula is C21H25N3O2. The molecule has 1 atom stereocenters. The maximum atomic E-state index is 12.4. The van der Waals surface area contributed by atoms with Gasteiger partial charge in [0.1, 0.15) is 0 Å². The first-order chi connectivity index (χ1) is 12.5. The van der Waals surface area contributed by atoms with Crippen molar-refractivity contribution >= 4 is 17.5 Å². The average molecular weight is 351 g/mol. The molecule has 26 heavy (non-hydrogen) atoms. The minimum atomic E-state index is -0.287. The van der Waals surface area contributed by atoms with E-state index >= 15 is 0 Å².